The fraction of sp³-hybridized carbons (Fsp3) is 0.750. The van der Waals surface area contributed by atoms with E-state index in [0.717, 1.165) is 12.8 Å². The van der Waals surface area contributed by atoms with Crippen molar-refractivity contribution in [3.8, 4) is 0 Å². The van der Waals surface area contributed by atoms with Crippen LogP contribution in [0.25, 0.3) is 0 Å². The molecule has 0 bridgehead atoms. The van der Waals surface area contributed by atoms with Crippen molar-refractivity contribution in [3.05, 3.63) is 12.2 Å². The Bertz CT molecular complexity index is 147. The lowest BCUT2D eigenvalue weighted by Gasteiger charge is -1.98. The molecule has 0 saturated carbocycles. The normalized spacial score (nSPS) is 10.9. The molecule has 0 aromatic carbocycles. The van der Waals surface area contributed by atoms with Crippen LogP contribution in [0.1, 0.15) is 58.8 Å². The third kappa shape index (κ3) is 9.32. The number of carbonyl (C=O) groups excluding carboxylic acids is 1. The summed E-state index contributed by atoms with van der Waals surface area (Å²) in [7, 11) is 0. The molecule has 76 valence electrons. The maximum atomic E-state index is 11.0. The van der Waals surface area contributed by atoms with Gasteiger partial charge in [0.2, 0.25) is 0 Å². The molecule has 0 aromatic heterocycles. The Kier molecular flexibility index (Phi) is 9.07. The van der Waals surface area contributed by atoms with E-state index in [4.69, 9.17) is 0 Å². The fourth-order valence-electron chi connectivity index (χ4n) is 1.35. The first-order chi connectivity index (χ1) is 6.31. The number of hydrogen-bond acceptors (Lipinski definition) is 1. The second-order valence-electron chi connectivity index (χ2n) is 3.48. The summed E-state index contributed by atoms with van der Waals surface area (Å²) in [6, 6.07) is 0. The van der Waals surface area contributed by atoms with E-state index in [9.17, 15) is 4.79 Å². The van der Waals surface area contributed by atoms with Crippen LogP contribution in [0.15, 0.2) is 12.2 Å². The van der Waals surface area contributed by atoms with Crippen LogP contribution in [-0.2, 0) is 4.79 Å². The molecule has 0 amide bonds. The molecule has 0 unspecified atom stereocenters. The molecule has 0 N–H and O–H groups in total. The van der Waals surface area contributed by atoms with Gasteiger partial charge in [0.15, 0.2) is 5.78 Å². The molecule has 0 aromatic rings. The van der Waals surface area contributed by atoms with E-state index in [1.807, 2.05) is 13.0 Å². The number of unbranched alkanes of at least 4 members (excludes halogenated alkanes) is 5. The van der Waals surface area contributed by atoms with Crippen LogP contribution >= 0.6 is 0 Å². The lowest BCUT2D eigenvalue weighted by atomic mass is 10.1. The molecule has 0 atom stereocenters. The molecule has 0 rings (SSSR count). The van der Waals surface area contributed by atoms with Crippen molar-refractivity contribution in [3.63, 3.8) is 0 Å². The van der Waals surface area contributed by atoms with Gasteiger partial charge in [0.1, 0.15) is 0 Å². The second-order valence-corrected chi connectivity index (χ2v) is 3.48. The number of allylic oxidation sites excluding steroid dienone is 2. The van der Waals surface area contributed by atoms with E-state index in [2.05, 4.69) is 6.92 Å². The van der Waals surface area contributed by atoms with Gasteiger partial charge in [-0.2, -0.15) is 0 Å². The molecule has 0 aliphatic carbocycles. The molecule has 13 heavy (non-hydrogen) atoms. The molecular weight excluding hydrogens is 160 g/mol. The largest absolute Gasteiger partial charge is 0.295 e. The van der Waals surface area contributed by atoms with Crippen LogP contribution in [0.2, 0.25) is 0 Å². The predicted octanol–water partition coefficient (Wildman–Crippen LogP) is 3.88. The van der Waals surface area contributed by atoms with Crippen molar-refractivity contribution in [2.24, 2.45) is 0 Å². The molecule has 0 aliphatic rings. The minimum Gasteiger partial charge on any atom is -0.295 e. The van der Waals surface area contributed by atoms with Crippen LogP contribution in [0.5, 0.6) is 0 Å². The minimum absolute atomic E-state index is 0.276. The molecule has 0 saturated heterocycles. The summed E-state index contributed by atoms with van der Waals surface area (Å²) in [4.78, 5) is 11.0. The van der Waals surface area contributed by atoms with Crippen molar-refractivity contribution >= 4 is 5.78 Å². The molecule has 0 spiro atoms. The Balaban J connectivity index is 3.11. The molecule has 0 fully saturated rings. The van der Waals surface area contributed by atoms with Gasteiger partial charge >= 0.3 is 0 Å². The maximum Gasteiger partial charge on any atom is 0.155 e. The van der Waals surface area contributed by atoms with E-state index in [1.165, 1.54) is 32.1 Å². The number of rotatable bonds is 8. The second kappa shape index (κ2) is 9.50. The molecule has 1 nitrogen and oxygen atoms in total. The van der Waals surface area contributed by atoms with Gasteiger partial charge in [-0.1, -0.05) is 45.1 Å². The summed E-state index contributed by atoms with van der Waals surface area (Å²) in [6.45, 7) is 4.11. The van der Waals surface area contributed by atoms with Crippen LogP contribution in [0.4, 0.5) is 0 Å². The van der Waals surface area contributed by atoms with Crippen LogP contribution in [-0.4, -0.2) is 5.78 Å². The van der Waals surface area contributed by atoms with Crippen molar-refractivity contribution in [2.75, 3.05) is 0 Å². The molecule has 0 radical (unpaired) electrons. The quantitative estimate of drug-likeness (QED) is 0.411. The Hall–Kier alpha value is -0.590. The van der Waals surface area contributed by atoms with Gasteiger partial charge in [0.25, 0.3) is 0 Å². The van der Waals surface area contributed by atoms with Gasteiger partial charge in [-0.15, -0.1) is 0 Å². The fourth-order valence-corrected chi connectivity index (χ4v) is 1.35. The van der Waals surface area contributed by atoms with E-state index in [1.54, 1.807) is 6.08 Å². The van der Waals surface area contributed by atoms with Crippen molar-refractivity contribution in [1.29, 1.82) is 0 Å². The first-order valence-corrected chi connectivity index (χ1v) is 5.46. The van der Waals surface area contributed by atoms with Gasteiger partial charge in [-0.25, -0.2) is 0 Å². The monoisotopic (exact) mass is 182 g/mol. The summed E-state index contributed by atoms with van der Waals surface area (Å²) < 4.78 is 0. The Morgan fingerprint density at radius 2 is 1.69 bits per heavy atom. The molecule has 0 aliphatic heterocycles. The summed E-state index contributed by atoms with van der Waals surface area (Å²) >= 11 is 0. The van der Waals surface area contributed by atoms with E-state index in [0.29, 0.717) is 0 Å². The standard InChI is InChI=1S/C12H22O/c1-3-5-6-7-8-9-11-12(13)10-4-2/h4,10H,3,5-9,11H2,1-2H3/b10-4+. The lowest BCUT2D eigenvalue weighted by molar-refractivity contribution is -0.114. The van der Waals surface area contributed by atoms with Crippen LogP contribution < -0.4 is 0 Å². The third-order valence-electron chi connectivity index (χ3n) is 2.13. The van der Waals surface area contributed by atoms with Crippen LogP contribution in [0.3, 0.4) is 0 Å². The third-order valence-corrected chi connectivity index (χ3v) is 2.13. The minimum atomic E-state index is 0.276. The highest BCUT2D eigenvalue weighted by atomic mass is 16.1. The first kappa shape index (κ1) is 12.4. The molecule has 1 heteroatoms. The summed E-state index contributed by atoms with van der Waals surface area (Å²) in [5.41, 5.74) is 0. The summed E-state index contributed by atoms with van der Waals surface area (Å²) in [5.74, 6) is 0.276. The summed E-state index contributed by atoms with van der Waals surface area (Å²) in [5, 5.41) is 0. The molecular formula is C12H22O. The molecule has 0 heterocycles. The zero-order valence-electron chi connectivity index (χ0n) is 9.01. The predicted molar refractivity (Wildman–Crippen MR) is 57.8 cm³/mol. The Labute approximate surface area is 82.2 Å². The van der Waals surface area contributed by atoms with Gasteiger partial charge in [0.05, 0.1) is 0 Å². The van der Waals surface area contributed by atoms with E-state index < -0.39 is 0 Å². The SMILES string of the molecule is C/C=C/C(=O)CCCCCCCC. The van der Waals surface area contributed by atoms with Crippen molar-refractivity contribution < 1.29 is 4.79 Å². The summed E-state index contributed by atoms with van der Waals surface area (Å²) in [6.07, 6.45) is 11.7. The van der Waals surface area contributed by atoms with Crippen molar-refractivity contribution in [2.45, 2.75) is 58.8 Å². The van der Waals surface area contributed by atoms with Gasteiger partial charge in [0, 0.05) is 6.42 Å². The smallest absolute Gasteiger partial charge is 0.155 e. The lowest BCUT2D eigenvalue weighted by Crippen LogP contribution is -1.91. The number of hydrogen-bond donors (Lipinski definition) is 0. The van der Waals surface area contributed by atoms with E-state index >= 15 is 0 Å². The average molecular weight is 182 g/mol. The Morgan fingerprint density at radius 1 is 1.08 bits per heavy atom. The van der Waals surface area contributed by atoms with Gasteiger partial charge < -0.3 is 0 Å². The highest BCUT2D eigenvalue weighted by molar-refractivity contribution is 5.89. The average Bonchev–Trinajstić information content (AvgIpc) is 2.11. The number of carbonyl (C=O) groups is 1. The number of ketones is 1. The van der Waals surface area contributed by atoms with Crippen LogP contribution in [0, 0.1) is 0 Å². The highest BCUT2D eigenvalue weighted by Gasteiger charge is 1.95. The highest BCUT2D eigenvalue weighted by Crippen LogP contribution is 2.07. The zero-order valence-corrected chi connectivity index (χ0v) is 9.01. The topological polar surface area (TPSA) is 17.1 Å². The first-order valence-electron chi connectivity index (χ1n) is 5.46. The van der Waals surface area contributed by atoms with E-state index in [-0.39, 0.29) is 5.78 Å². The zero-order chi connectivity index (χ0) is 9.94. The van der Waals surface area contributed by atoms with Gasteiger partial charge in [-0.05, 0) is 19.4 Å². The maximum absolute atomic E-state index is 11.0. The van der Waals surface area contributed by atoms with Crippen molar-refractivity contribution in [1.82, 2.24) is 0 Å². The Morgan fingerprint density at radius 3 is 2.31 bits per heavy atom. The van der Waals surface area contributed by atoms with Gasteiger partial charge in [-0.3, -0.25) is 4.79 Å².